The fraction of sp³-hybridized carbons (Fsp3) is 0.429. The van der Waals surface area contributed by atoms with Crippen LogP contribution in [0.1, 0.15) is 48.2 Å². The van der Waals surface area contributed by atoms with Crippen molar-refractivity contribution in [1.82, 2.24) is 19.9 Å². The maximum atomic E-state index is 13.6. The normalized spacial score (nSPS) is 25.6. The molecule has 150 valence electrons. The van der Waals surface area contributed by atoms with Crippen LogP contribution in [0.25, 0.3) is 0 Å². The van der Waals surface area contributed by atoms with Gasteiger partial charge in [-0.1, -0.05) is 6.08 Å². The van der Waals surface area contributed by atoms with E-state index in [0.717, 1.165) is 37.7 Å². The maximum Gasteiger partial charge on any atom is 0.277 e. The van der Waals surface area contributed by atoms with Crippen molar-refractivity contribution in [3.8, 4) is 0 Å². The van der Waals surface area contributed by atoms with Crippen LogP contribution in [-0.2, 0) is 5.66 Å². The van der Waals surface area contributed by atoms with Crippen LogP contribution in [-0.4, -0.2) is 20.4 Å². The van der Waals surface area contributed by atoms with Crippen LogP contribution < -0.4 is 21.9 Å². The summed E-state index contributed by atoms with van der Waals surface area (Å²) in [5, 5.41) is 6.26. The lowest BCUT2D eigenvalue weighted by Crippen LogP contribution is -2.52. The van der Waals surface area contributed by atoms with Crippen molar-refractivity contribution in [2.45, 2.75) is 44.7 Å². The van der Waals surface area contributed by atoms with Gasteiger partial charge in [0.15, 0.2) is 0 Å². The standard InChI is InChI=1S/C21H24N6O2/c1-12-9-15(25-17-10-16(22)23-11-24-17)20(29)27-18(12)19(28)26-21(27)8-4-2-3-5-14(21)13-6-7-13/h4,8-11,13-14H,2-3,5-7H2,1H3,(H,26,28)(H3,22,23,24,25). The van der Waals surface area contributed by atoms with Gasteiger partial charge in [0.05, 0.1) is 0 Å². The Hall–Kier alpha value is -3.16. The second-order valence-electron chi connectivity index (χ2n) is 8.24. The number of aryl methyl sites for hydroxylation is 1. The number of allylic oxidation sites excluding steroid dienone is 1. The third-order valence-corrected chi connectivity index (χ3v) is 6.26. The molecular weight excluding hydrogens is 368 g/mol. The molecule has 0 bridgehead atoms. The van der Waals surface area contributed by atoms with Crippen molar-refractivity contribution < 1.29 is 4.79 Å². The van der Waals surface area contributed by atoms with E-state index in [9.17, 15) is 9.59 Å². The molecule has 29 heavy (non-hydrogen) atoms. The number of nitrogen functional groups attached to an aromatic ring is 1. The molecule has 0 saturated heterocycles. The summed E-state index contributed by atoms with van der Waals surface area (Å²) >= 11 is 0. The first-order valence-corrected chi connectivity index (χ1v) is 10.1. The summed E-state index contributed by atoms with van der Waals surface area (Å²) in [5.74, 6) is 1.32. The van der Waals surface area contributed by atoms with E-state index in [4.69, 9.17) is 5.73 Å². The first-order chi connectivity index (χ1) is 14.0. The van der Waals surface area contributed by atoms with Crippen LogP contribution >= 0.6 is 0 Å². The van der Waals surface area contributed by atoms with E-state index in [1.165, 1.54) is 6.33 Å². The second-order valence-corrected chi connectivity index (χ2v) is 8.24. The highest BCUT2D eigenvalue weighted by atomic mass is 16.2. The van der Waals surface area contributed by atoms with Crippen LogP contribution in [0, 0.1) is 18.8 Å². The topological polar surface area (TPSA) is 115 Å². The van der Waals surface area contributed by atoms with Gasteiger partial charge in [0.2, 0.25) is 0 Å². The van der Waals surface area contributed by atoms with Crippen molar-refractivity contribution in [3.05, 3.63) is 52.2 Å². The monoisotopic (exact) mass is 392 g/mol. The van der Waals surface area contributed by atoms with Gasteiger partial charge < -0.3 is 16.4 Å². The molecule has 1 aliphatic heterocycles. The lowest BCUT2D eigenvalue weighted by molar-refractivity contribution is 0.0885. The lowest BCUT2D eigenvalue weighted by atomic mass is 9.85. The fourth-order valence-corrected chi connectivity index (χ4v) is 4.87. The van der Waals surface area contributed by atoms with Gasteiger partial charge in [-0.25, -0.2) is 9.97 Å². The van der Waals surface area contributed by atoms with Crippen molar-refractivity contribution in [2.75, 3.05) is 11.1 Å². The molecule has 2 atom stereocenters. The van der Waals surface area contributed by atoms with E-state index in [2.05, 4.69) is 26.7 Å². The van der Waals surface area contributed by atoms with Crippen molar-refractivity contribution in [2.24, 2.45) is 11.8 Å². The third-order valence-electron chi connectivity index (χ3n) is 6.26. The minimum absolute atomic E-state index is 0.186. The van der Waals surface area contributed by atoms with Gasteiger partial charge >= 0.3 is 0 Å². The number of carbonyl (C=O) groups excluding carboxylic acids is 1. The molecule has 4 N–H and O–H groups in total. The Morgan fingerprint density at radius 2 is 2.07 bits per heavy atom. The molecule has 0 radical (unpaired) electrons. The lowest BCUT2D eigenvalue weighted by Gasteiger charge is -2.36. The van der Waals surface area contributed by atoms with Crippen LogP contribution in [0.5, 0.6) is 0 Å². The van der Waals surface area contributed by atoms with Crippen molar-refractivity contribution >= 4 is 23.2 Å². The maximum absolute atomic E-state index is 13.6. The van der Waals surface area contributed by atoms with E-state index in [0.29, 0.717) is 28.9 Å². The highest BCUT2D eigenvalue weighted by molar-refractivity contribution is 5.97. The van der Waals surface area contributed by atoms with E-state index >= 15 is 0 Å². The molecule has 1 amide bonds. The largest absolute Gasteiger partial charge is 0.384 e. The molecule has 1 spiro atoms. The number of hydrogen-bond donors (Lipinski definition) is 3. The number of rotatable bonds is 3. The average Bonchev–Trinajstić information content (AvgIpc) is 3.47. The Balaban J connectivity index is 1.68. The smallest absolute Gasteiger partial charge is 0.277 e. The molecular formula is C21H24N6O2. The second kappa shape index (κ2) is 6.43. The predicted octanol–water partition coefficient (Wildman–Crippen LogP) is 2.44. The van der Waals surface area contributed by atoms with Crippen molar-refractivity contribution in [3.63, 3.8) is 0 Å². The Morgan fingerprint density at radius 3 is 2.83 bits per heavy atom. The minimum atomic E-state index is -0.797. The Labute approximate surface area is 168 Å². The van der Waals surface area contributed by atoms with Crippen LogP contribution in [0.3, 0.4) is 0 Å². The van der Waals surface area contributed by atoms with E-state index < -0.39 is 5.66 Å². The number of fused-ring (bicyclic) bond motifs is 2. The number of nitrogens with one attached hydrogen (secondary N) is 2. The summed E-state index contributed by atoms with van der Waals surface area (Å²) in [6, 6.07) is 3.28. The predicted molar refractivity (Wildman–Crippen MR) is 110 cm³/mol. The quantitative estimate of drug-likeness (QED) is 0.691. The minimum Gasteiger partial charge on any atom is -0.384 e. The van der Waals surface area contributed by atoms with E-state index in [-0.39, 0.29) is 17.4 Å². The number of carbonyl (C=O) groups is 1. The number of amides is 1. The third kappa shape index (κ3) is 2.82. The van der Waals surface area contributed by atoms with Crippen LogP contribution in [0.15, 0.2) is 35.4 Å². The number of nitrogens with two attached hydrogens (primary N) is 1. The molecule has 0 aromatic carbocycles. The Morgan fingerprint density at radius 1 is 1.24 bits per heavy atom. The molecule has 5 rings (SSSR count). The summed E-state index contributed by atoms with van der Waals surface area (Å²) in [4.78, 5) is 34.6. The van der Waals surface area contributed by atoms with Crippen molar-refractivity contribution in [1.29, 1.82) is 0 Å². The van der Waals surface area contributed by atoms with Gasteiger partial charge in [0, 0.05) is 12.0 Å². The highest BCUT2D eigenvalue weighted by Gasteiger charge is 2.53. The van der Waals surface area contributed by atoms with Gasteiger partial charge in [-0.05, 0) is 62.7 Å². The summed E-state index contributed by atoms with van der Waals surface area (Å²) < 4.78 is 1.68. The summed E-state index contributed by atoms with van der Waals surface area (Å²) in [5.41, 5.74) is 6.26. The van der Waals surface area contributed by atoms with Gasteiger partial charge in [-0.3, -0.25) is 14.2 Å². The molecule has 1 fully saturated rings. The van der Waals surface area contributed by atoms with Crippen LogP contribution in [0.2, 0.25) is 0 Å². The van der Waals surface area contributed by atoms with E-state index in [1.54, 1.807) is 16.7 Å². The number of nitrogens with zero attached hydrogens (tertiary/aromatic N) is 3. The number of pyridine rings is 1. The van der Waals surface area contributed by atoms with Gasteiger partial charge in [-0.2, -0.15) is 0 Å². The molecule has 3 aliphatic rings. The zero-order valence-corrected chi connectivity index (χ0v) is 16.3. The molecule has 2 aliphatic carbocycles. The summed E-state index contributed by atoms with van der Waals surface area (Å²) in [7, 11) is 0. The average molecular weight is 392 g/mol. The summed E-state index contributed by atoms with van der Waals surface area (Å²) in [6.07, 6.45) is 10.8. The fourth-order valence-electron chi connectivity index (χ4n) is 4.87. The zero-order valence-electron chi connectivity index (χ0n) is 16.3. The SMILES string of the molecule is Cc1cc(Nc2cc(N)ncn2)c(=O)n2c1C(=O)NC21C=CCCCC1C1CC1. The number of aromatic nitrogens is 3. The first-order valence-electron chi connectivity index (χ1n) is 10.1. The molecule has 3 heterocycles. The number of hydrogen-bond acceptors (Lipinski definition) is 6. The first kappa shape index (κ1) is 17.9. The molecule has 8 nitrogen and oxygen atoms in total. The molecule has 2 unspecified atom stereocenters. The van der Waals surface area contributed by atoms with Gasteiger partial charge in [-0.15, -0.1) is 0 Å². The molecule has 8 heteroatoms. The van der Waals surface area contributed by atoms with E-state index in [1.807, 2.05) is 13.0 Å². The molecule has 2 aromatic rings. The number of anilines is 3. The molecule has 2 aromatic heterocycles. The van der Waals surface area contributed by atoms with Gasteiger partial charge in [0.1, 0.15) is 35.0 Å². The zero-order chi connectivity index (χ0) is 20.2. The van der Waals surface area contributed by atoms with Gasteiger partial charge in [0.25, 0.3) is 11.5 Å². The summed E-state index contributed by atoms with van der Waals surface area (Å²) in [6.45, 7) is 1.86. The Kier molecular flexibility index (Phi) is 3.97. The highest BCUT2D eigenvalue weighted by Crippen LogP contribution is 2.49. The Bertz CT molecular complexity index is 1090. The molecule has 1 saturated carbocycles. The van der Waals surface area contributed by atoms with Crippen LogP contribution in [0.4, 0.5) is 17.3 Å².